The average molecular weight is 488 g/mol. The van der Waals surface area contributed by atoms with Gasteiger partial charge in [-0.25, -0.2) is 4.79 Å². The number of carbonyl (C=O) groups excluding carboxylic acids is 1. The summed E-state index contributed by atoms with van der Waals surface area (Å²) in [7, 11) is 0. The molecule has 4 fully saturated rings. The average Bonchev–Trinajstić information content (AvgIpc) is 3.63. The quantitative estimate of drug-likeness (QED) is 0.618. The summed E-state index contributed by atoms with van der Waals surface area (Å²) in [6.45, 7) is 6.07. The Hall–Kier alpha value is -3.00. The van der Waals surface area contributed by atoms with E-state index in [0.29, 0.717) is 58.5 Å². The van der Waals surface area contributed by atoms with Crippen molar-refractivity contribution < 1.29 is 28.5 Å². The predicted octanol–water partition coefficient (Wildman–Crippen LogP) is 0.0511. The van der Waals surface area contributed by atoms with Crippen molar-refractivity contribution >= 4 is 11.7 Å². The van der Waals surface area contributed by atoms with Gasteiger partial charge in [-0.05, 0) is 22.6 Å². The molecule has 0 unspecified atom stereocenters. The third-order valence-corrected chi connectivity index (χ3v) is 6.81. The highest BCUT2D eigenvalue weighted by Gasteiger charge is 2.50. The Kier molecular flexibility index (Phi) is 6.37. The molecule has 1 aromatic carbocycles. The number of hydrogen-bond donors (Lipinski definition) is 1. The molecule has 4 saturated heterocycles. The van der Waals surface area contributed by atoms with Crippen molar-refractivity contribution in [1.29, 1.82) is 0 Å². The first-order valence-corrected chi connectivity index (χ1v) is 12.0. The Morgan fingerprint density at radius 3 is 2.60 bits per heavy atom. The van der Waals surface area contributed by atoms with Crippen LogP contribution in [0.25, 0.3) is 0 Å². The number of benzene rings is 1. The molecule has 2 amide bonds. The number of hydrogen-bond acceptors (Lipinski definition) is 10. The number of ether oxygens (including phenoxy) is 5. The van der Waals surface area contributed by atoms with Crippen LogP contribution in [0.4, 0.5) is 10.5 Å². The van der Waals surface area contributed by atoms with Crippen LogP contribution in [0, 0.1) is 0 Å². The number of nitrogens with one attached hydrogen (secondary N) is 1. The van der Waals surface area contributed by atoms with Crippen LogP contribution in [0.5, 0.6) is 11.8 Å². The topological polar surface area (TPSA) is 125 Å². The molecule has 13 nitrogen and oxygen atoms in total. The van der Waals surface area contributed by atoms with Crippen molar-refractivity contribution in [3.8, 4) is 11.8 Å². The Morgan fingerprint density at radius 1 is 1.00 bits per heavy atom. The normalized spacial score (nSPS) is 28.7. The van der Waals surface area contributed by atoms with E-state index in [1.807, 2.05) is 24.3 Å². The van der Waals surface area contributed by atoms with E-state index in [0.717, 1.165) is 18.8 Å². The van der Waals surface area contributed by atoms with Crippen molar-refractivity contribution in [2.75, 3.05) is 70.7 Å². The molecule has 5 heterocycles. The van der Waals surface area contributed by atoms with Crippen LogP contribution in [0.2, 0.25) is 0 Å². The van der Waals surface area contributed by atoms with E-state index < -0.39 is 0 Å². The molecule has 188 valence electrons. The highest BCUT2D eigenvalue weighted by Crippen LogP contribution is 2.36. The number of nitrogens with zero attached hydrogens (tertiary/aromatic N) is 6. The van der Waals surface area contributed by atoms with Gasteiger partial charge in [-0.2, -0.15) is 4.68 Å². The zero-order valence-electron chi connectivity index (χ0n) is 19.3. The van der Waals surface area contributed by atoms with Crippen LogP contribution in [-0.2, 0) is 18.9 Å². The summed E-state index contributed by atoms with van der Waals surface area (Å²) in [5, 5.41) is 15.1. The summed E-state index contributed by atoms with van der Waals surface area (Å²) in [4.78, 5) is 16.6. The molecule has 0 bridgehead atoms. The molecule has 4 aliphatic heterocycles. The van der Waals surface area contributed by atoms with E-state index in [4.69, 9.17) is 23.7 Å². The molecule has 0 saturated carbocycles. The van der Waals surface area contributed by atoms with Crippen LogP contribution in [0.3, 0.4) is 0 Å². The fraction of sp³-hybridized carbons (Fsp3) is 0.636. The zero-order valence-corrected chi connectivity index (χ0v) is 19.3. The fourth-order valence-electron chi connectivity index (χ4n) is 4.96. The first-order chi connectivity index (χ1) is 17.3. The number of urea groups is 1. The minimum Gasteiger partial charge on any atom is -0.423 e. The fourth-order valence-corrected chi connectivity index (χ4v) is 4.96. The van der Waals surface area contributed by atoms with Gasteiger partial charge in [-0.3, -0.25) is 0 Å². The smallest absolute Gasteiger partial charge is 0.341 e. The molecule has 1 aromatic heterocycles. The van der Waals surface area contributed by atoms with Crippen molar-refractivity contribution in [3.63, 3.8) is 0 Å². The van der Waals surface area contributed by atoms with Gasteiger partial charge >= 0.3 is 12.0 Å². The number of fused-ring (bicyclic) bond motifs is 1. The SMILES string of the molecule is O=C(N[C@H]1CO[C@H]2[C@H]1OC[C@H]2n1nnnc1Oc1cccc(N2CCOCC2)c1)N1CCOCC1. The lowest BCUT2D eigenvalue weighted by molar-refractivity contribution is 0.0485. The standard InChI is InChI=1S/C22H29N7O6/c30-21(28-6-10-32-11-7-28)23-17-13-33-20-18(14-34-19(17)20)29-22(24-25-26-29)35-16-3-1-2-15(12-16)27-4-8-31-9-5-27/h1-3,12,17-20H,4-11,13-14H2,(H,23,30)/t17-,18+,19-,20+/m0/s1. The third-order valence-electron chi connectivity index (χ3n) is 6.81. The molecule has 4 aliphatic rings. The van der Waals surface area contributed by atoms with Gasteiger partial charge < -0.3 is 38.8 Å². The maximum absolute atomic E-state index is 12.6. The highest BCUT2D eigenvalue weighted by atomic mass is 16.6. The van der Waals surface area contributed by atoms with Crippen molar-refractivity contribution in [2.24, 2.45) is 0 Å². The van der Waals surface area contributed by atoms with Crippen LogP contribution in [0.1, 0.15) is 6.04 Å². The number of rotatable bonds is 5. The lowest BCUT2D eigenvalue weighted by Gasteiger charge is -2.29. The highest BCUT2D eigenvalue weighted by molar-refractivity contribution is 5.74. The molecule has 35 heavy (non-hydrogen) atoms. The van der Waals surface area contributed by atoms with Gasteiger partial charge in [-0.15, -0.1) is 0 Å². The summed E-state index contributed by atoms with van der Waals surface area (Å²) in [5.41, 5.74) is 1.06. The summed E-state index contributed by atoms with van der Waals surface area (Å²) in [5.74, 6) is 0.642. The van der Waals surface area contributed by atoms with E-state index >= 15 is 0 Å². The van der Waals surface area contributed by atoms with Crippen molar-refractivity contribution in [3.05, 3.63) is 24.3 Å². The zero-order chi connectivity index (χ0) is 23.6. The summed E-state index contributed by atoms with van der Waals surface area (Å²) in [6, 6.07) is 7.48. The van der Waals surface area contributed by atoms with E-state index in [-0.39, 0.29) is 36.3 Å². The minimum absolute atomic E-state index is 0.124. The second-order valence-corrected chi connectivity index (χ2v) is 8.92. The van der Waals surface area contributed by atoms with E-state index in [9.17, 15) is 4.79 Å². The Labute approximate surface area is 202 Å². The molecule has 0 aliphatic carbocycles. The molecular weight excluding hydrogens is 458 g/mol. The molecule has 1 N–H and O–H groups in total. The Balaban J connectivity index is 1.11. The van der Waals surface area contributed by atoms with Crippen LogP contribution < -0.4 is 15.0 Å². The second-order valence-electron chi connectivity index (χ2n) is 8.92. The minimum atomic E-state index is -0.296. The molecule has 4 atom stereocenters. The molecular formula is C22H29N7O6. The third kappa shape index (κ3) is 4.63. The van der Waals surface area contributed by atoms with E-state index in [1.54, 1.807) is 9.58 Å². The van der Waals surface area contributed by atoms with Gasteiger partial charge in [0, 0.05) is 37.9 Å². The number of morpholine rings is 2. The van der Waals surface area contributed by atoms with Crippen molar-refractivity contribution in [2.45, 2.75) is 24.3 Å². The Bertz CT molecular complexity index is 1030. The van der Waals surface area contributed by atoms with Crippen LogP contribution >= 0.6 is 0 Å². The summed E-state index contributed by atoms with van der Waals surface area (Å²) in [6.07, 6.45) is -0.581. The molecule has 6 rings (SSSR count). The van der Waals surface area contributed by atoms with Gasteiger partial charge in [-0.1, -0.05) is 11.2 Å². The maximum Gasteiger partial charge on any atom is 0.341 e. The lowest BCUT2D eigenvalue weighted by Crippen LogP contribution is -2.52. The molecule has 0 spiro atoms. The van der Waals surface area contributed by atoms with E-state index in [2.05, 4.69) is 25.7 Å². The van der Waals surface area contributed by atoms with Gasteiger partial charge in [0.2, 0.25) is 0 Å². The van der Waals surface area contributed by atoms with E-state index in [1.165, 1.54) is 0 Å². The Morgan fingerprint density at radius 2 is 1.77 bits per heavy atom. The second kappa shape index (κ2) is 9.93. The van der Waals surface area contributed by atoms with Crippen LogP contribution in [-0.4, -0.2) is 115 Å². The maximum atomic E-state index is 12.6. The van der Waals surface area contributed by atoms with Gasteiger partial charge in [0.05, 0.1) is 45.7 Å². The number of tetrazole rings is 1. The molecule has 0 radical (unpaired) electrons. The van der Waals surface area contributed by atoms with Crippen molar-refractivity contribution in [1.82, 2.24) is 30.4 Å². The largest absolute Gasteiger partial charge is 0.423 e. The summed E-state index contributed by atoms with van der Waals surface area (Å²) >= 11 is 0. The first kappa shape index (κ1) is 22.5. The molecule has 13 heteroatoms. The van der Waals surface area contributed by atoms with Gasteiger partial charge in [0.25, 0.3) is 0 Å². The first-order valence-electron chi connectivity index (χ1n) is 12.0. The lowest BCUT2D eigenvalue weighted by atomic mass is 10.1. The van der Waals surface area contributed by atoms with Gasteiger partial charge in [0.15, 0.2) is 0 Å². The monoisotopic (exact) mass is 487 g/mol. The number of anilines is 1. The number of amides is 2. The predicted molar refractivity (Wildman–Crippen MR) is 121 cm³/mol. The van der Waals surface area contributed by atoms with Crippen LogP contribution in [0.15, 0.2) is 24.3 Å². The molecule has 2 aromatic rings. The number of carbonyl (C=O) groups is 1. The summed E-state index contributed by atoms with van der Waals surface area (Å²) < 4.78 is 30.6. The van der Waals surface area contributed by atoms with Gasteiger partial charge in [0.1, 0.15) is 24.0 Å². The number of aromatic nitrogens is 4.